The summed E-state index contributed by atoms with van der Waals surface area (Å²) in [6, 6.07) is 14.0. The van der Waals surface area contributed by atoms with E-state index < -0.39 is 0 Å². The van der Waals surface area contributed by atoms with Gasteiger partial charge in [-0.15, -0.1) is 12.4 Å². The van der Waals surface area contributed by atoms with Gasteiger partial charge in [0.2, 0.25) is 11.8 Å². The van der Waals surface area contributed by atoms with Crippen molar-refractivity contribution in [3.05, 3.63) is 42.5 Å². The summed E-state index contributed by atoms with van der Waals surface area (Å²) in [5.74, 6) is 0.268. The fourth-order valence-electron chi connectivity index (χ4n) is 4.05. The highest BCUT2D eigenvalue weighted by molar-refractivity contribution is 6.06. The SMILES string of the molecule is Cl.O=C(NCC1CCCNC1)C1CC(=O)N(c2cccc3ccccc23)C1. The average Bonchev–Trinajstić information content (AvgIpc) is 3.08. The second kappa shape index (κ2) is 8.72. The Morgan fingerprint density at radius 2 is 2.00 bits per heavy atom. The van der Waals surface area contributed by atoms with Gasteiger partial charge in [0.05, 0.1) is 11.6 Å². The van der Waals surface area contributed by atoms with Crippen molar-refractivity contribution in [2.75, 3.05) is 31.1 Å². The Kier molecular flexibility index (Phi) is 6.34. The van der Waals surface area contributed by atoms with Crippen LogP contribution in [0.2, 0.25) is 0 Å². The third kappa shape index (κ3) is 4.25. The summed E-state index contributed by atoms with van der Waals surface area (Å²) in [5.41, 5.74) is 0.903. The van der Waals surface area contributed by atoms with E-state index in [1.54, 1.807) is 4.90 Å². The third-order valence-corrected chi connectivity index (χ3v) is 5.52. The van der Waals surface area contributed by atoms with Gasteiger partial charge in [-0.3, -0.25) is 9.59 Å². The highest BCUT2D eigenvalue weighted by Crippen LogP contribution is 2.31. The molecule has 2 N–H and O–H groups in total. The van der Waals surface area contributed by atoms with Gasteiger partial charge in [0.1, 0.15) is 0 Å². The molecule has 0 aliphatic carbocycles. The zero-order valence-corrected chi connectivity index (χ0v) is 16.1. The molecule has 2 aliphatic heterocycles. The number of nitrogens with zero attached hydrogens (tertiary/aromatic N) is 1. The lowest BCUT2D eigenvalue weighted by atomic mass is 9.99. The van der Waals surface area contributed by atoms with Crippen LogP contribution < -0.4 is 15.5 Å². The monoisotopic (exact) mass is 387 g/mol. The Hall–Kier alpha value is -2.11. The van der Waals surface area contributed by atoms with Crippen LogP contribution in [0.3, 0.4) is 0 Å². The third-order valence-electron chi connectivity index (χ3n) is 5.52. The van der Waals surface area contributed by atoms with Crippen LogP contribution in [-0.4, -0.2) is 38.0 Å². The zero-order valence-electron chi connectivity index (χ0n) is 15.3. The maximum atomic E-state index is 12.6. The molecule has 2 aromatic carbocycles. The van der Waals surface area contributed by atoms with Crippen molar-refractivity contribution in [3.8, 4) is 0 Å². The van der Waals surface area contributed by atoms with E-state index in [9.17, 15) is 9.59 Å². The Morgan fingerprint density at radius 1 is 1.19 bits per heavy atom. The van der Waals surface area contributed by atoms with Crippen LogP contribution in [0.25, 0.3) is 10.8 Å². The average molecular weight is 388 g/mol. The summed E-state index contributed by atoms with van der Waals surface area (Å²) in [6.07, 6.45) is 2.61. The second-order valence-corrected chi connectivity index (χ2v) is 7.36. The maximum Gasteiger partial charge on any atom is 0.227 e. The number of rotatable bonds is 4. The molecule has 0 radical (unpaired) electrons. The van der Waals surface area contributed by atoms with Gasteiger partial charge in [0.25, 0.3) is 0 Å². The van der Waals surface area contributed by atoms with E-state index in [0.29, 0.717) is 19.0 Å². The van der Waals surface area contributed by atoms with Crippen molar-refractivity contribution < 1.29 is 9.59 Å². The van der Waals surface area contributed by atoms with Gasteiger partial charge < -0.3 is 15.5 Å². The van der Waals surface area contributed by atoms with Crippen LogP contribution in [-0.2, 0) is 9.59 Å². The Bertz CT molecular complexity index is 815. The molecule has 27 heavy (non-hydrogen) atoms. The molecule has 0 aromatic heterocycles. The van der Waals surface area contributed by atoms with Gasteiger partial charge in [-0.1, -0.05) is 36.4 Å². The van der Waals surface area contributed by atoms with Gasteiger partial charge in [0.15, 0.2) is 0 Å². The molecule has 2 saturated heterocycles. The lowest BCUT2D eigenvalue weighted by molar-refractivity contribution is -0.126. The minimum Gasteiger partial charge on any atom is -0.355 e. The quantitative estimate of drug-likeness (QED) is 0.848. The molecule has 144 valence electrons. The van der Waals surface area contributed by atoms with Crippen LogP contribution in [0.4, 0.5) is 5.69 Å². The molecule has 2 heterocycles. The molecule has 2 fully saturated rings. The van der Waals surface area contributed by atoms with Crippen molar-refractivity contribution in [2.45, 2.75) is 19.3 Å². The van der Waals surface area contributed by atoms with Crippen molar-refractivity contribution in [1.29, 1.82) is 0 Å². The molecule has 4 rings (SSSR count). The highest BCUT2D eigenvalue weighted by atomic mass is 35.5. The van der Waals surface area contributed by atoms with Crippen molar-refractivity contribution in [1.82, 2.24) is 10.6 Å². The first-order valence-corrected chi connectivity index (χ1v) is 9.49. The lowest BCUT2D eigenvalue weighted by Gasteiger charge is -2.23. The molecule has 2 aliphatic rings. The second-order valence-electron chi connectivity index (χ2n) is 7.36. The number of fused-ring (bicyclic) bond motifs is 1. The smallest absolute Gasteiger partial charge is 0.227 e. The van der Waals surface area contributed by atoms with Crippen molar-refractivity contribution >= 4 is 40.7 Å². The van der Waals surface area contributed by atoms with Crippen molar-refractivity contribution in [3.63, 3.8) is 0 Å². The van der Waals surface area contributed by atoms with E-state index in [-0.39, 0.29) is 36.6 Å². The fourth-order valence-corrected chi connectivity index (χ4v) is 4.05. The van der Waals surface area contributed by atoms with E-state index in [2.05, 4.69) is 10.6 Å². The number of nitrogens with one attached hydrogen (secondary N) is 2. The largest absolute Gasteiger partial charge is 0.355 e. The Labute approximate surface area is 165 Å². The molecule has 2 amide bonds. The number of hydrogen-bond donors (Lipinski definition) is 2. The summed E-state index contributed by atoms with van der Waals surface area (Å²) < 4.78 is 0. The fraction of sp³-hybridized carbons (Fsp3) is 0.429. The summed E-state index contributed by atoms with van der Waals surface area (Å²) in [4.78, 5) is 26.9. The van der Waals surface area contributed by atoms with E-state index in [1.807, 2.05) is 42.5 Å². The lowest BCUT2D eigenvalue weighted by Crippen LogP contribution is -2.40. The topological polar surface area (TPSA) is 61.4 Å². The number of amides is 2. The van der Waals surface area contributed by atoms with Crippen LogP contribution in [0.15, 0.2) is 42.5 Å². The standard InChI is InChI=1S/C21H25N3O2.ClH/c25-20-11-17(21(26)23-13-15-5-4-10-22-12-15)14-24(20)19-9-3-7-16-6-1-2-8-18(16)19;/h1-3,6-9,15,17,22H,4-5,10-14H2,(H,23,26);1H. The molecule has 0 saturated carbocycles. The molecule has 2 unspecified atom stereocenters. The molecular formula is C21H26ClN3O2. The minimum absolute atomic E-state index is 0. The number of piperidine rings is 1. The molecule has 0 spiro atoms. The summed E-state index contributed by atoms with van der Waals surface area (Å²) >= 11 is 0. The highest BCUT2D eigenvalue weighted by Gasteiger charge is 2.35. The number of benzene rings is 2. The Balaban J connectivity index is 0.00000210. The van der Waals surface area contributed by atoms with E-state index in [1.165, 1.54) is 0 Å². The van der Waals surface area contributed by atoms with Crippen LogP contribution in [0.1, 0.15) is 19.3 Å². The first-order chi connectivity index (χ1) is 12.7. The van der Waals surface area contributed by atoms with Gasteiger partial charge in [0, 0.05) is 24.9 Å². The number of hydrogen-bond acceptors (Lipinski definition) is 3. The summed E-state index contributed by atoms with van der Waals surface area (Å²) in [5, 5.41) is 8.59. The van der Waals surface area contributed by atoms with Gasteiger partial charge in [-0.05, 0) is 43.3 Å². The molecular weight excluding hydrogens is 362 g/mol. The predicted molar refractivity (Wildman–Crippen MR) is 110 cm³/mol. The summed E-state index contributed by atoms with van der Waals surface area (Å²) in [6.45, 7) is 3.19. The Morgan fingerprint density at radius 3 is 2.81 bits per heavy atom. The number of halogens is 1. The molecule has 5 nitrogen and oxygen atoms in total. The number of carbonyl (C=O) groups excluding carboxylic acids is 2. The van der Waals surface area contributed by atoms with E-state index in [0.717, 1.165) is 42.4 Å². The van der Waals surface area contributed by atoms with Crippen molar-refractivity contribution in [2.24, 2.45) is 11.8 Å². The number of anilines is 1. The zero-order chi connectivity index (χ0) is 17.9. The normalized spacial score (nSPS) is 22.5. The molecule has 2 atom stereocenters. The molecule has 2 aromatic rings. The predicted octanol–water partition coefficient (Wildman–Crippen LogP) is 2.73. The first kappa shape index (κ1) is 19.6. The van der Waals surface area contributed by atoms with E-state index >= 15 is 0 Å². The summed E-state index contributed by atoms with van der Waals surface area (Å²) in [7, 11) is 0. The molecule has 6 heteroatoms. The number of carbonyl (C=O) groups is 2. The van der Waals surface area contributed by atoms with Gasteiger partial charge >= 0.3 is 0 Å². The van der Waals surface area contributed by atoms with E-state index in [4.69, 9.17) is 0 Å². The molecule has 0 bridgehead atoms. The van der Waals surface area contributed by atoms with Crippen LogP contribution in [0.5, 0.6) is 0 Å². The van der Waals surface area contributed by atoms with Crippen LogP contribution >= 0.6 is 12.4 Å². The van der Waals surface area contributed by atoms with Gasteiger partial charge in [-0.25, -0.2) is 0 Å². The van der Waals surface area contributed by atoms with Crippen LogP contribution in [0, 0.1) is 11.8 Å². The first-order valence-electron chi connectivity index (χ1n) is 9.49. The minimum atomic E-state index is -0.266. The van der Waals surface area contributed by atoms with Gasteiger partial charge in [-0.2, -0.15) is 0 Å². The maximum absolute atomic E-state index is 12.6.